The summed E-state index contributed by atoms with van der Waals surface area (Å²) in [6, 6.07) is 6.01. The highest BCUT2D eigenvalue weighted by molar-refractivity contribution is 7.99. The van der Waals surface area contributed by atoms with Gasteiger partial charge in [0.25, 0.3) is 5.91 Å². The van der Waals surface area contributed by atoms with E-state index in [0.717, 1.165) is 4.90 Å². The summed E-state index contributed by atoms with van der Waals surface area (Å²) < 4.78 is 17.8. The third kappa shape index (κ3) is 6.38. The molecule has 1 heterocycles. The number of hydrogen-bond donors (Lipinski definition) is 1. The van der Waals surface area contributed by atoms with E-state index in [4.69, 9.17) is 10.5 Å². The van der Waals surface area contributed by atoms with Crippen molar-refractivity contribution in [3.8, 4) is 0 Å². The Hall–Kier alpha value is -2.09. The summed E-state index contributed by atoms with van der Waals surface area (Å²) in [7, 11) is 0. The Morgan fingerprint density at radius 2 is 1.84 bits per heavy atom. The number of nitrogens with zero attached hydrogens (tertiary/aromatic N) is 1. The highest BCUT2D eigenvalue weighted by atomic mass is 32.2. The van der Waals surface area contributed by atoms with Crippen LogP contribution in [0.1, 0.15) is 19.3 Å². The van der Waals surface area contributed by atoms with Gasteiger partial charge in [-0.05, 0) is 37.1 Å². The van der Waals surface area contributed by atoms with Gasteiger partial charge in [-0.3, -0.25) is 14.4 Å². The first-order valence-electron chi connectivity index (χ1n) is 8.07. The van der Waals surface area contributed by atoms with Gasteiger partial charge >= 0.3 is 5.97 Å². The van der Waals surface area contributed by atoms with E-state index in [1.165, 1.54) is 23.9 Å². The highest BCUT2D eigenvalue weighted by Gasteiger charge is 2.26. The van der Waals surface area contributed by atoms with Crippen molar-refractivity contribution in [3.05, 3.63) is 30.1 Å². The number of carbonyl (C=O) groups excluding carboxylic acids is 3. The Bertz CT molecular complexity index is 616. The van der Waals surface area contributed by atoms with Crippen LogP contribution in [0.3, 0.4) is 0 Å². The lowest BCUT2D eigenvalue weighted by atomic mass is 9.96. The van der Waals surface area contributed by atoms with E-state index in [0.29, 0.717) is 31.7 Å². The third-order valence-electron chi connectivity index (χ3n) is 4.00. The van der Waals surface area contributed by atoms with Crippen molar-refractivity contribution in [3.63, 3.8) is 0 Å². The molecule has 25 heavy (non-hydrogen) atoms. The van der Waals surface area contributed by atoms with Gasteiger partial charge in [-0.2, -0.15) is 0 Å². The molecule has 0 aromatic heterocycles. The second-order valence-electron chi connectivity index (χ2n) is 5.77. The van der Waals surface area contributed by atoms with Crippen LogP contribution in [-0.4, -0.2) is 48.1 Å². The van der Waals surface area contributed by atoms with Gasteiger partial charge in [0.15, 0.2) is 6.61 Å². The maximum absolute atomic E-state index is 12.8. The van der Waals surface area contributed by atoms with Gasteiger partial charge in [0.05, 0.1) is 6.42 Å². The molecule has 0 spiro atoms. The zero-order valence-corrected chi connectivity index (χ0v) is 14.6. The molecule has 0 unspecified atom stereocenters. The number of hydrogen-bond acceptors (Lipinski definition) is 5. The quantitative estimate of drug-likeness (QED) is 0.583. The number of thioether (sulfide) groups is 1. The standard InChI is InChI=1S/C17H21FN2O4S/c18-13-1-3-14(4-2-13)25-10-7-16(22)24-11-15(21)20-8-5-12(6-9-20)17(19)23/h1-4,12H,5-11H2,(H2,19,23). The van der Waals surface area contributed by atoms with E-state index in [9.17, 15) is 18.8 Å². The lowest BCUT2D eigenvalue weighted by Gasteiger charge is -2.30. The van der Waals surface area contributed by atoms with Crippen LogP contribution in [0, 0.1) is 11.7 Å². The summed E-state index contributed by atoms with van der Waals surface area (Å²) in [5, 5.41) is 0. The van der Waals surface area contributed by atoms with E-state index in [-0.39, 0.29) is 36.6 Å². The van der Waals surface area contributed by atoms with Crippen molar-refractivity contribution in [2.45, 2.75) is 24.2 Å². The normalized spacial score (nSPS) is 15.0. The van der Waals surface area contributed by atoms with Crippen molar-refractivity contribution < 1.29 is 23.5 Å². The number of ether oxygens (including phenoxy) is 1. The maximum atomic E-state index is 12.8. The minimum atomic E-state index is -0.449. The molecule has 0 atom stereocenters. The summed E-state index contributed by atoms with van der Waals surface area (Å²) >= 11 is 1.42. The molecule has 0 aliphatic carbocycles. The molecule has 0 bridgehead atoms. The van der Waals surface area contributed by atoms with Crippen LogP contribution in [0.2, 0.25) is 0 Å². The molecule has 6 nitrogen and oxygen atoms in total. The van der Waals surface area contributed by atoms with Gasteiger partial charge in [0.1, 0.15) is 5.82 Å². The van der Waals surface area contributed by atoms with Crippen molar-refractivity contribution in [2.75, 3.05) is 25.4 Å². The van der Waals surface area contributed by atoms with E-state index in [2.05, 4.69) is 0 Å². The number of halogens is 1. The Morgan fingerprint density at radius 3 is 2.44 bits per heavy atom. The third-order valence-corrected chi connectivity index (χ3v) is 5.01. The van der Waals surface area contributed by atoms with Gasteiger partial charge < -0.3 is 15.4 Å². The molecule has 2 rings (SSSR count). The molecule has 1 aliphatic heterocycles. The van der Waals surface area contributed by atoms with E-state index >= 15 is 0 Å². The van der Waals surface area contributed by atoms with Gasteiger partial charge in [-0.1, -0.05) is 0 Å². The Kier molecular flexibility index (Phi) is 7.24. The van der Waals surface area contributed by atoms with Gasteiger partial charge in [0.2, 0.25) is 5.91 Å². The number of piperidine rings is 1. The van der Waals surface area contributed by atoms with Gasteiger partial charge in [-0.25, -0.2) is 4.39 Å². The minimum Gasteiger partial charge on any atom is -0.456 e. The Morgan fingerprint density at radius 1 is 1.20 bits per heavy atom. The Balaban J connectivity index is 1.62. The van der Waals surface area contributed by atoms with E-state index in [1.807, 2.05) is 0 Å². The highest BCUT2D eigenvalue weighted by Crippen LogP contribution is 2.19. The summed E-state index contributed by atoms with van der Waals surface area (Å²) in [5.74, 6) is -1.05. The molecule has 2 amide bonds. The van der Waals surface area contributed by atoms with Crippen LogP contribution in [-0.2, 0) is 19.1 Å². The molecule has 1 saturated heterocycles. The topological polar surface area (TPSA) is 89.7 Å². The number of carbonyl (C=O) groups is 3. The molecule has 1 fully saturated rings. The zero-order chi connectivity index (χ0) is 18.2. The van der Waals surface area contributed by atoms with Crippen LogP contribution in [0.4, 0.5) is 4.39 Å². The molecule has 0 radical (unpaired) electrons. The predicted molar refractivity (Wildman–Crippen MR) is 91.2 cm³/mol. The molecule has 1 aromatic rings. The van der Waals surface area contributed by atoms with Crippen LogP contribution in [0.5, 0.6) is 0 Å². The monoisotopic (exact) mass is 368 g/mol. The second kappa shape index (κ2) is 9.41. The minimum absolute atomic E-state index is 0.166. The van der Waals surface area contributed by atoms with Gasteiger partial charge in [-0.15, -0.1) is 11.8 Å². The fourth-order valence-corrected chi connectivity index (χ4v) is 3.34. The second-order valence-corrected chi connectivity index (χ2v) is 6.94. The summed E-state index contributed by atoms with van der Waals surface area (Å²) in [4.78, 5) is 37.2. The molecule has 8 heteroatoms. The SMILES string of the molecule is NC(=O)C1CCN(C(=O)COC(=O)CCSc2ccc(F)cc2)CC1. The smallest absolute Gasteiger partial charge is 0.307 e. The van der Waals surface area contributed by atoms with Crippen LogP contribution in [0.15, 0.2) is 29.2 Å². The number of likely N-dealkylation sites (tertiary alicyclic amines) is 1. The number of primary amides is 1. The van der Waals surface area contributed by atoms with E-state index < -0.39 is 5.97 Å². The maximum Gasteiger partial charge on any atom is 0.307 e. The first kappa shape index (κ1) is 19.2. The summed E-state index contributed by atoms with van der Waals surface area (Å²) in [6.07, 6.45) is 1.26. The van der Waals surface area contributed by atoms with Crippen LogP contribution < -0.4 is 5.73 Å². The molecule has 1 aromatic carbocycles. The number of esters is 1. The summed E-state index contributed by atoms with van der Waals surface area (Å²) in [5.41, 5.74) is 5.25. The first-order chi connectivity index (χ1) is 12.0. The predicted octanol–water partition coefficient (Wildman–Crippen LogP) is 1.57. The Labute approximate surface area is 149 Å². The molecule has 1 aliphatic rings. The zero-order valence-electron chi connectivity index (χ0n) is 13.8. The lowest BCUT2D eigenvalue weighted by Crippen LogP contribution is -2.43. The first-order valence-corrected chi connectivity index (χ1v) is 9.05. The number of rotatable bonds is 7. The number of amides is 2. The average Bonchev–Trinajstić information content (AvgIpc) is 2.61. The molecule has 2 N–H and O–H groups in total. The van der Waals surface area contributed by atoms with Crippen molar-refractivity contribution in [1.29, 1.82) is 0 Å². The van der Waals surface area contributed by atoms with Crippen molar-refractivity contribution in [2.24, 2.45) is 11.7 Å². The fraction of sp³-hybridized carbons (Fsp3) is 0.471. The van der Waals surface area contributed by atoms with Crippen molar-refractivity contribution >= 4 is 29.5 Å². The van der Waals surface area contributed by atoms with Crippen molar-refractivity contribution in [1.82, 2.24) is 4.90 Å². The number of benzene rings is 1. The molecular weight excluding hydrogens is 347 g/mol. The van der Waals surface area contributed by atoms with Gasteiger partial charge in [0, 0.05) is 29.7 Å². The van der Waals surface area contributed by atoms with E-state index in [1.54, 1.807) is 17.0 Å². The average molecular weight is 368 g/mol. The fourth-order valence-electron chi connectivity index (χ4n) is 2.50. The van der Waals surface area contributed by atoms with Crippen LogP contribution >= 0.6 is 11.8 Å². The molecular formula is C17H21FN2O4S. The number of nitrogens with two attached hydrogens (primary N) is 1. The summed E-state index contributed by atoms with van der Waals surface area (Å²) in [6.45, 7) is 0.607. The largest absolute Gasteiger partial charge is 0.456 e. The van der Waals surface area contributed by atoms with Crippen LogP contribution in [0.25, 0.3) is 0 Å². The molecule has 136 valence electrons. The molecule has 0 saturated carbocycles. The lowest BCUT2D eigenvalue weighted by molar-refractivity contribution is -0.152.